The van der Waals surface area contributed by atoms with Gasteiger partial charge in [0.05, 0.1) is 4.90 Å². The van der Waals surface area contributed by atoms with Crippen molar-refractivity contribution in [1.82, 2.24) is 4.72 Å². The highest BCUT2D eigenvalue weighted by Gasteiger charge is 2.20. The van der Waals surface area contributed by atoms with Crippen LogP contribution in [0.5, 0.6) is 5.75 Å². The fourth-order valence-electron chi connectivity index (χ4n) is 1.59. The maximum absolute atomic E-state index is 12.1. The molecule has 0 aromatic heterocycles. The van der Waals surface area contributed by atoms with E-state index in [1.165, 1.54) is 6.26 Å². The number of benzene rings is 1. The van der Waals surface area contributed by atoms with E-state index in [-0.39, 0.29) is 4.90 Å². The predicted octanol–water partition coefficient (Wildman–Crippen LogP) is 0.526. The lowest BCUT2D eigenvalue weighted by atomic mass is 10.2. The first-order chi connectivity index (χ1) is 9.63. The van der Waals surface area contributed by atoms with Gasteiger partial charge in [0.2, 0.25) is 10.0 Å². The van der Waals surface area contributed by atoms with Crippen molar-refractivity contribution in [3.05, 3.63) is 23.8 Å². The van der Waals surface area contributed by atoms with Crippen LogP contribution >= 0.6 is 0 Å². The first kappa shape index (κ1) is 17.6. The Morgan fingerprint density at radius 3 is 2.57 bits per heavy atom. The first-order valence-corrected chi connectivity index (χ1v) is 9.23. The Morgan fingerprint density at radius 1 is 1.43 bits per heavy atom. The van der Waals surface area contributed by atoms with Crippen LogP contribution in [0.25, 0.3) is 0 Å². The van der Waals surface area contributed by atoms with Crippen LogP contribution < -0.4 is 4.72 Å². The summed E-state index contributed by atoms with van der Waals surface area (Å²) in [7, 11) is -4.92. The van der Waals surface area contributed by atoms with Gasteiger partial charge in [0.25, 0.3) is 0 Å². The Hall–Kier alpha value is -1.45. The summed E-state index contributed by atoms with van der Waals surface area (Å²) in [6.07, 6.45) is 1.92. The van der Waals surface area contributed by atoms with Crippen molar-refractivity contribution in [3.8, 4) is 5.75 Å². The highest BCUT2D eigenvalue weighted by molar-refractivity contribution is 7.89. The minimum absolute atomic E-state index is 0.248. The average molecular weight is 335 g/mol. The van der Waals surface area contributed by atoms with Crippen molar-refractivity contribution in [2.24, 2.45) is 0 Å². The van der Waals surface area contributed by atoms with Crippen LogP contribution in [0.3, 0.4) is 0 Å². The lowest BCUT2D eigenvalue weighted by Gasteiger charge is -2.14. The van der Waals surface area contributed by atoms with E-state index < -0.39 is 44.1 Å². The number of carboxylic acid groups (broad SMARTS) is 1. The van der Waals surface area contributed by atoms with E-state index in [1.807, 2.05) is 0 Å². The molecular weight excluding hydrogens is 318 g/mol. The van der Waals surface area contributed by atoms with Crippen LogP contribution in [0.15, 0.2) is 23.1 Å². The Balaban J connectivity index is 2.95. The molecule has 0 spiro atoms. The molecule has 9 heteroatoms. The quantitative estimate of drug-likeness (QED) is 0.668. The number of rotatable bonds is 7. The molecule has 0 aliphatic heterocycles. The summed E-state index contributed by atoms with van der Waals surface area (Å²) in [6, 6.07) is 2.59. The summed E-state index contributed by atoms with van der Waals surface area (Å²) in [5.41, 5.74) is -0.486. The summed E-state index contributed by atoms with van der Waals surface area (Å²) in [5.74, 6) is -1.56. The van der Waals surface area contributed by atoms with Crippen LogP contribution in [0.2, 0.25) is 0 Å². The molecule has 0 aliphatic rings. The van der Waals surface area contributed by atoms with Gasteiger partial charge in [-0.2, -0.15) is 0 Å². The van der Waals surface area contributed by atoms with E-state index in [0.717, 1.165) is 18.2 Å². The lowest BCUT2D eigenvalue weighted by molar-refractivity contribution is 0.0693. The number of aromatic carboxylic acids is 1. The molecule has 0 amide bonds. The zero-order chi connectivity index (χ0) is 16.2. The minimum Gasteiger partial charge on any atom is -0.507 e. The summed E-state index contributed by atoms with van der Waals surface area (Å²) in [6.45, 7) is 1.63. The van der Waals surface area contributed by atoms with Crippen LogP contribution in [0.1, 0.15) is 23.7 Å². The van der Waals surface area contributed by atoms with E-state index >= 15 is 0 Å². The predicted molar refractivity (Wildman–Crippen MR) is 78.4 cm³/mol. The number of hydrogen-bond acceptors (Lipinski definition) is 5. The number of carbonyl (C=O) groups is 1. The third kappa shape index (κ3) is 5.10. The van der Waals surface area contributed by atoms with Crippen molar-refractivity contribution in [2.75, 3.05) is 12.0 Å². The molecule has 0 aliphatic carbocycles. The minimum atomic E-state index is -3.90. The molecule has 0 saturated carbocycles. The second kappa shape index (κ2) is 7.01. The van der Waals surface area contributed by atoms with E-state index in [0.29, 0.717) is 12.2 Å². The molecule has 118 valence electrons. The van der Waals surface area contributed by atoms with Crippen molar-refractivity contribution in [2.45, 2.75) is 24.3 Å². The molecule has 1 aromatic rings. The molecule has 2 atom stereocenters. The maximum Gasteiger partial charge on any atom is 0.339 e. The summed E-state index contributed by atoms with van der Waals surface area (Å²) in [4.78, 5) is 10.6. The normalized spacial score (nSPS) is 14.6. The van der Waals surface area contributed by atoms with Gasteiger partial charge in [-0.05, 0) is 31.5 Å². The zero-order valence-electron chi connectivity index (χ0n) is 11.6. The van der Waals surface area contributed by atoms with E-state index in [4.69, 9.17) is 5.11 Å². The average Bonchev–Trinajstić information content (AvgIpc) is 2.35. The van der Waals surface area contributed by atoms with Crippen LogP contribution in [-0.4, -0.2) is 46.9 Å². The molecule has 7 nitrogen and oxygen atoms in total. The number of aromatic hydroxyl groups is 1. The molecule has 2 unspecified atom stereocenters. The summed E-state index contributed by atoms with van der Waals surface area (Å²) in [5, 5.41) is 18.2. The Bertz CT molecular complexity index is 656. The fourth-order valence-corrected chi connectivity index (χ4v) is 3.58. The van der Waals surface area contributed by atoms with Gasteiger partial charge >= 0.3 is 5.97 Å². The summed E-state index contributed by atoms with van der Waals surface area (Å²) < 4.78 is 37.6. The topological polar surface area (TPSA) is 121 Å². The molecule has 0 bridgehead atoms. The fraction of sp³-hybridized carbons (Fsp3) is 0.417. The number of hydrogen-bond donors (Lipinski definition) is 3. The molecular formula is C12H17NO6S2. The zero-order valence-corrected chi connectivity index (χ0v) is 13.2. The van der Waals surface area contributed by atoms with Crippen LogP contribution in [-0.2, 0) is 20.8 Å². The van der Waals surface area contributed by atoms with Crippen LogP contribution in [0, 0.1) is 0 Å². The number of nitrogens with one attached hydrogen (secondary N) is 1. The van der Waals surface area contributed by atoms with Gasteiger partial charge in [-0.3, -0.25) is 4.21 Å². The number of sulfonamides is 1. The summed E-state index contributed by atoms with van der Waals surface area (Å²) >= 11 is 0. The molecule has 3 N–H and O–H groups in total. The highest BCUT2D eigenvalue weighted by atomic mass is 32.2. The second-order valence-electron chi connectivity index (χ2n) is 4.57. The monoisotopic (exact) mass is 335 g/mol. The van der Waals surface area contributed by atoms with Gasteiger partial charge in [-0.1, -0.05) is 0 Å². The lowest BCUT2D eigenvalue weighted by Crippen LogP contribution is -2.33. The Labute approximate surface area is 125 Å². The molecule has 0 fully saturated rings. The van der Waals surface area contributed by atoms with E-state index in [9.17, 15) is 22.5 Å². The smallest absolute Gasteiger partial charge is 0.339 e. The largest absolute Gasteiger partial charge is 0.507 e. The van der Waals surface area contributed by atoms with Crippen molar-refractivity contribution < 1.29 is 27.6 Å². The molecule has 0 heterocycles. The van der Waals surface area contributed by atoms with Gasteiger partial charge in [0.1, 0.15) is 11.3 Å². The molecule has 21 heavy (non-hydrogen) atoms. The highest BCUT2D eigenvalue weighted by Crippen LogP contribution is 2.21. The Kier molecular flexibility index (Phi) is 5.87. The Morgan fingerprint density at radius 2 is 2.05 bits per heavy atom. The van der Waals surface area contributed by atoms with Gasteiger partial charge in [0, 0.05) is 28.9 Å². The van der Waals surface area contributed by atoms with E-state index in [1.54, 1.807) is 6.92 Å². The number of phenols is 1. The van der Waals surface area contributed by atoms with Gasteiger partial charge in [-0.25, -0.2) is 17.9 Å². The number of carboxylic acids is 1. The second-order valence-corrected chi connectivity index (χ2v) is 7.84. The van der Waals surface area contributed by atoms with E-state index in [2.05, 4.69) is 4.72 Å². The van der Waals surface area contributed by atoms with Crippen molar-refractivity contribution in [1.29, 1.82) is 0 Å². The molecule has 1 aromatic carbocycles. The third-order valence-corrected chi connectivity index (χ3v) is 5.10. The van der Waals surface area contributed by atoms with Gasteiger partial charge in [-0.15, -0.1) is 0 Å². The first-order valence-electron chi connectivity index (χ1n) is 6.02. The molecule has 1 rings (SSSR count). The maximum atomic E-state index is 12.1. The standard InChI is InChI=1S/C12H17NO6S2/c1-8(5-6-20(2)17)13-21(18,19)9-3-4-11(14)10(7-9)12(15)16/h3-4,7-8,13-14H,5-6H2,1-2H3,(H,15,16). The molecule has 0 saturated heterocycles. The van der Waals surface area contributed by atoms with Gasteiger partial charge < -0.3 is 10.2 Å². The van der Waals surface area contributed by atoms with Gasteiger partial charge in [0.15, 0.2) is 0 Å². The van der Waals surface area contributed by atoms with Crippen molar-refractivity contribution >= 4 is 26.8 Å². The third-order valence-electron chi connectivity index (χ3n) is 2.70. The SMILES string of the molecule is CC(CCS(C)=O)NS(=O)(=O)c1ccc(O)c(C(=O)O)c1. The van der Waals surface area contributed by atoms with Crippen molar-refractivity contribution in [3.63, 3.8) is 0 Å². The molecule has 0 radical (unpaired) electrons. The van der Waals surface area contributed by atoms with Crippen LogP contribution in [0.4, 0.5) is 0 Å².